The molecule has 1 amide bonds. The maximum atomic E-state index is 13.0. The number of piperidine rings is 1. The summed E-state index contributed by atoms with van der Waals surface area (Å²) in [7, 11) is 0. The van der Waals surface area contributed by atoms with Gasteiger partial charge in [-0.25, -0.2) is 9.78 Å². The first-order chi connectivity index (χ1) is 13.1. The van der Waals surface area contributed by atoms with Crippen molar-refractivity contribution in [3.8, 4) is 0 Å². The van der Waals surface area contributed by atoms with E-state index in [4.69, 9.17) is 9.72 Å². The zero-order valence-electron chi connectivity index (χ0n) is 17.3. The van der Waals surface area contributed by atoms with Crippen LogP contribution >= 0.6 is 11.3 Å². The number of aromatic nitrogens is 2. The molecule has 0 spiro atoms. The minimum absolute atomic E-state index is 0.0194. The molecule has 7 nitrogen and oxygen atoms in total. The van der Waals surface area contributed by atoms with E-state index in [0.29, 0.717) is 29.7 Å². The topological polar surface area (TPSA) is 76.5 Å². The molecule has 1 unspecified atom stereocenters. The van der Waals surface area contributed by atoms with Gasteiger partial charge < -0.3 is 15.0 Å². The fourth-order valence-electron chi connectivity index (χ4n) is 3.45. The monoisotopic (exact) mass is 406 g/mol. The number of nitrogens with one attached hydrogen (secondary N) is 1. The Morgan fingerprint density at radius 3 is 2.86 bits per heavy atom. The number of anilines is 1. The number of ether oxygens (including phenoxy) is 1. The SMILES string of the molecule is CC(C)Cn1c(N2CCCC(NC(=O)OC(C)(C)C)C2)nc2ccsc2c1=O. The van der Waals surface area contributed by atoms with Gasteiger partial charge in [0, 0.05) is 25.7 Å². The third-order valence-corrected chi connectivity index (χ3v) is 5.41. The summed E-state index contributed by atoms with van der Waals surface area (Å²) in [5, 5.41) is 4.87. The molecule has 1 aliphatic rings. The molecule has 154 valence electrons. The lowest BCUT2D eigenvalue weighted by molar-refractivity contribution is 0.0499. The van der Waals surface area contributed by atoms with Crippen molar-refractivity contribution in [3.05, 3.63) is 21.8 Å². The second-order valence-corrected chi connectivity index (χ2v) is 9.70. The highest BCUT2D eigenvalue weighted by molar-refractivity contribution is 7.17. The molecule has 8 heteroatoms. The van der Waals surface area contributed by atoms with E-state index in [9.17, 15) is 9.59 Å². The predicted octanol–water partition coefficient (Wildman–Crippen LogP) is 3.61. The van der Waals surface area contributed by atoms with Gasteiger partial charge in [-0.15, -0.1) is 11.3 Å². The van der Waals surface area contributed by atoms with E-state index in [1.165, 1.54) is 11.3 Å². The van der Waals surface area contributed by atoms with E-state index in [1.54, 1.807) is 4.57 Å². The minimum Gasteiger partial charge on any atom is -0.444 e. The van der Waals surface area contributed by atoms with Gasteiger partial charge in [0.2, 0.25) is 5.95 Å². The lowest BCUT2D eigenvalue weighted by atomic mass is 10.1. The Morgan fingerprint density at radius 1 is 1.43 bits per heavy atom. The molecule has 1 aliphatic heterocycles. The van der Waals surface area contributed by atoms with Crippen molar-refractivity contribution < 1.29 is 9.53 Å². The Morgan fingerprint density at radius 2 is 2.18 bits per heavy atom. The molecule has 1 saturated heterocycles. The van der Waals surface area contributed by atoms with Gasteiger partial charge in [0.15, 0.2) is 0 Å². The van der Waals surface area contributed by atoms with Crippen molar-refractivity contribution in [2.45, 2.75) is 65.6 Å². The lowest BCUT2D eigenvalue weighted by Gasteiger charge is -2.35. The lowest BCUT2D eigenvalue weighted by Crippen LogP contribution is -2.50. The summed E-state index contributed by atoms with van der Waals surface area (Å²) in [5.74, 6) is 1.02. The first kappa shape index (κ1) is 20.6. The largest absolute Gasteiger partial charge is 0.444 e. The average molecular weight is 407 g/mol. The van der Waals surface area contributed by atoms with E-state index >= 15 is 0 Å². The van der Waals surface area contributed by atoms with Gasteiger partial charge in [-0.05, 0) is 51.0 Å². The Labute approximate surface area is 169 Å². The molecule has 0 bridgehead atoms. The maximum Gasteiger partial charge on any atom is 0.407 e. The third kappa shape index (κ3) is 4.84. The van der Waals surface area contributed by atoms with Crippen LogP contribution in [-0.4, -0.2) is 40.4 Å². The van der Waals surface area contributed by atoms with Crippen LogP contribution < -0.4 is 15.8 Å². The Kier molecular flexibility index (Phi) is 5.98. The van der Waals surface area contributed by atoms with Gasteiger partial charge in [0.25, 0.3) is 5.56 Å². The smallest absolute Gasteiger partial charge is 0.407 e. The highest BCUT2D eigenvalue weighted by Gasteiger charge is 2.27. The summed E-state index contributed by atoms with van der Waals surface area (Å²) in [4.78, 5) is 32.1. The molecule has 2 aromatic rings. The molecule has 0 radical (unpaired) electrons. The van der Waals surface area contributed by atoms with Crippen LogP contribution in [0.15, 0.2) is 16.2 Å². The van der Waals surface area contributed by atoms with E-state index in [2.05, 4.69) is 24.1 Å². The highest BCUT2D eigenvalue weighted by atomic mass is 32.1. The molecular formula is C20H30N4O3S. The van der Waals surface area contributed by atoms with E-state index in [-0.39, 0.29) is 11.6 Å². The summed E-state index contributed by atoms with van der Waals surface area (Å²) in [6.45, 7) is 11.8. The Hall–Kier alpha value is -2.09. The average Bonchev–Trinajstić information content (AvgIpc) is 3.04. The second kappa shape index (κ2) is 8.11. The molecule has 3 rings (SSSR count). The summed E-state index contributed by atoms with van der Waals surface area (Å²) in [5.41, 5.74) is 0.236. The van der Waals surface area contributed by atoms with Crippen LogP contribution in [0.5, 0.6) is 0 Å². The number of carbonyl (C=O) groups excluding carboxylic acids is 1. The van der Waals surface area contributed by atoms with Crippen LogP contribution in [0.1, 0.15) is 47.5 Å². The van der Waals surface area contributed by atoms with Crippen molar-refractivity contribution in [3.63, 3.8) is 0 Å². The third-order valence-electron chi connectivity index (χ3n) is 4.52. The van der Waals surface area contributed by atoms with Crippen LogP contribution in [0, 0.1) is 5.92 Å². The van der Waals surface area contributed by atoms with Gasteiger partial charge in [-0.3, -0.25) is 9.36 Å². The molecule has 0 aliphatic carbocycles. The van der Waals surface area contributed by atoms with E-state index in [0.717, 1.165) is 24.9 Å². The molecular weight excluding hydrogens is 376 g/mol. The zero-order valence-corrected chi connectivity index (χ0v) is 18.1. The van der Waals surface area contributed by atoms with Gasteiger partial charge in [0.05, 0.1) is 5.52 Å². The number of nitrogens with zero attached hydrogens (tertiary/aromatic N) is 3. The number of rotatable bonds is 4. The number of alkyl carbamates (subject to hydrolysis) is 1. The van der Waals surface area contributed by atoms with Crippen molar-refractivity contribution in [2.24, 2.45) is 5.92 Å². The number of fused-ring (bicyclic) bond motifs is 1. The van der Waals surface area contributed by atoms with E-state index in [1.807, 2.05) is 32.2 Å². The fourth-order valence-corrected chi connectivity index (χ4v) is 4.23. The van der Waals surface area contributed by atoms with Crippen LogP contribution in [0.4, 0.5) is 10.7 Å². The van der Waals surface area contributed by atoms with Crippen molar-refractivity contribution in [1.29, 1.82) is 0 Å². The molecule has 1 N–H and O–H groups in total. The number of thiophene rings is 1. The first-order valence-electron chi connectivity index (χ1n) is 9.86. The molecule has 0 saturated carbocycles. The number of carbonyl (C=O) groups is 1. The maximum absolute atomic E-state index is 13.0. The summed E-state index contributed by atoms with van der Waals surface area (Å²) < 4.78 is 7.88. The normalized spacial score (nSPS) is 17.9. The van der Waals surface area contributed by atoms with Gasteiger partial charge in [-0.1, -0.05) is 13.8 Å². The van der Waals surface area contributed by atoms with E-state index < -0.39 is 11.7 Å². The van der Waals surface area contributed by atoms with Crippen LogP contribution in [0.25, 0.3) is 10.2 Å². The molecule has 28 heavy (non-hydrogen) atoms. The number of amides is 1. The van der Waals surface area contributed by atoms with Crippen molar-refractivity contribution in [2.75, 3.05) is 18.0 Å². The molecule has 3 heterocycles. The molecule has 2 aromatic heterocycles. The van der Waals surface area contributed by atoms with Gasteiger partial charge in [0.1, 0.15) is 10.3 Å². The van der Waals surface area contributed by atoms with Crippen molar-refractivity contribution in [1.82, 2.24) is 14.9 Å². The molecule has 0 aromatic carbocycles. The summed E-state index contributed by atoms with van der Waals surface area (Å²) in [6, 6.07) is 1.86. The minimum atomic E-state index is -0.526. The Bertz CT molecular complexity index is 897. The second-order valence-electron chi connectivity index (χ2n) is 8.79. The van der Waals surface area contributed by atoms with Crippen LogP contribution in [0.2, 0.25) is 0 Å². The quantitative estimate of drug-likeness (QED) is 0.839. The summed E-state index contributed by atoms with van der Waals surface area (Å²) >= 11 is 1.44. The highest BCUT2D eigenvalue weighted by Crippen LogP contribution is 2.23. The number of hydrogen-bond donors (Lipinski definition) is 1. The first-order valence-corrected chi connectivity index (χ1v) is 10.7. The van der Waals surface area contributed by atoms with Crippen LogP contribution in [-0.2, 0) is 11.3 Å². The number of hydrogen-bond acceptors (Lipinski definition) is 6. The van der Waals surface area contributed by atoms with Crippen molar-refractivity contribution >= 4 is 33.6 Å². The molecule has 1 atom stereocenters. The van der Waals surface area contributed by atoms with Gasteiger partial charge >= 0.3 is 6.09 Å². The predicted molar refractivity (Wildman–Crippen MR) is 113 cm³/mol. The standard InChI is InChI=1S/C20H30N4O3S/c1-13(2)11-24-17(25)16-15(8-10-28-16)22-18(24)23-9-6-7-14(12-23)21-19(26)27-20(3,4)5/h8,10,13-14H,6-7,9,11-12H2,1-5H3,(H,21,26). The molecule has 1 fully saturated rings. The zero-order chi connectivity index (χ0) is 20.5. The van der Waals surface area contributed by atoms with Gasteiger partial charge in [-0.2, -0.15) is 0 Å². The summed E-state index contributed by atoms with van der Waals surface area (Å²) in [6.07, 6.45) is 1.39. The van der Waals surface area contributed by atoms with Crippen LogP contribution in [0.3, 0.4) is 0 Å². The Balaban J connectivity index is 1.85. The fraction of sp³-hybridized carbons (Fsp3) is 0.650.